The molecule has 2 heterocycles. The number of nitrogens with two attached hydrogens (primary N) is 1. The zero-order valence-corrected chi connectivity index (χ0v) is 26.2. The average molecular weight is 567 g/mol. The van der Waals surface area contributed by atoms with Crippen LogP contribution >= 0.6 is 0 Å². The van der Waals surface area contributed by atoms with Crippen LogP contribution in [-0.4, -0.2) is 58.3 Å². The summed E-state index contributed by atoms with van der Waals surface area (Å²) in [4.78, 5) is 30.0. The number of hydrogen-bond donors (Lipinski definition) is 2. The molecule has 8 nitrogen and oxygen atoms in total. The van der Waals surface area contributed by atoms with Crippen LogP contribution in [0.1, 0.15) is 44.1 Å². The summed E-state index contributed by atoms with van der Waals surface area (Å²) >= 11 is 0. The van der Waals surface area contributed by atoms with Gasteiger partial charge in [-0.2, -0.15) is 5.26 Å². The van der Waals surface area contributed by atoms with Gasteiger partial charge in [0.1, 0.15) is 17.3 Å². The molecule has 1 fully saturated rings. The molecule has 11 heteroatoms. The fourth-order valence-electron chi connectivity index (χ4n) is 3.32. The molecule has 2 amide bonds. The summed E-state index contributed by atoms with van der Waals surface area (Å²) in [5.41, 5.74) is 6.40. The predicted molar refractivity (Wildman–Crippen MR) is 143 cm³/mol. The van der Waals surface area contributed by atoms with E-state index in [2.05, 4.69) is 25.8 Å². The SMILES string of the molecule is CCC(C)C.CN(CC(=O)N1C[CH-]CC1C#N)C(=O)c1cc2c(F)cc(F)cc2[nH]1.Nc1ccccc1.[K+].[OH-]. The molecule has 2 aromatic carbocycles. The number of benzene rings is 2. The van der Waals surface area contributed by atoms with Gasteiger partial charge in [-0.15, -0.1) is 13.0 Å². The Hall–Kier alpha value is -2.33. The number of likely N-dealkylation sites (tertiary alicyclic amines) is 1. The summed E-state index contributed by atoms with van der Waals surface area (Å²) in [5.74, 6) is -1.50. The Balaban J connectivity index is 0.000000861. The molecule has 1 aromatic heterocycles. The van der Waals surface area contributed by atoms with Crippen molar-refractivity contribution in [1.29, 1.82) is 5.26 Å². The summed E-state index contributed by atoms with van der Waals surface area (Å²) in [7, 11) is 1.43. The quantitative estimate of drug-likeness (QED) is 0.283. The van der Waals surface area contributed by atoms with Crippen molar-refractivity contribution in [1.82, 2.24) is 14.8 Å². The van der Waals surface area contributed by atoms with Gasteiger partial charge >= 0.3 is 51.4 Å². The van der Waals surface area contributed by atoms with Gasteiger partial charge in [-0.3, -0.25) is 9.59 Å². The van der Waals surface area contributed by atoms with E-state index in [0.29, 0.717) is 13.0 Å². The molecule has 4 rings (SSSR count). The first-order valence-electron chi connectivity index (χ1n) is 12.1. The summed E-state index contributed by atoms with van der Waals surface area (Å²) < 4.78 is 27.0. The molecule has 0 bridgehead atoms. The number of aromatic nitrogens is 1. The third-order valence-electron chi connectivity index (χ3n) is 5.78. The molecule has 39 heavy (non-hydrogen) atoms. The third-order valence-corrected chi connectivity index (χ3v) is 5.78. The number of rotatable bonds is 4. The van der Waals surface area contributed by atoms with E-state index < -0.39 is 23.6 Å². The van der Waals surface area contributed by atoms with E-state index in [1.165, 1.54) is 29.3 Å². The molecule has 0 spiro atoms. The number of anilines is 1. The van der Waals surface area contributed by atoms with Gasteiger partial charge in [0.15, 0.2) is 0 Å². The first-order chi connectivity index (χ1) is 17.6. The Labute approximate surface area is 271 Å². The number of nitriles is 1. The fraction of sp³-hybridized carbons (Fsp3) is 0.357. The van der Waals surface area contributed by atoms with E-state index in [9.17, 15) is 18.4 Å². The van der Waals surface area contributed by atoms with Crippen LogP contribution in [0.5, 0.6) is 0 Å². The first-order valence-corrected chi connectivity index (χ1v) is 12.1. The summed E-state index contributed by atoms with van der Waals surface area (Å²) in [6.45, 7) is 6.80. The van der Waals surface area contributed by atoms with Crippen molar-refractivity contribution in [2.24, 2.45) is 5.92 Å². The normalized spacial score (nSPS) is 13.6. The minimum absolute atomic E-state index is 0. The van der Waals surface area contributed by atoms with Gasteiger partial charge in [0.25, 0.3) is 5.91 Å². The number of nitrogens with zero attached hydrogens (tertiary/aromatic N) is 3. The van der Waals surface area contributed by atoms with Crippen LogP contribution in [0.25, 0.3) is 10.9 Å². The van der Waals surface area contributed by atoms with Crippen molar-refractivity contribution < 1.29 is 75.2 Å². The minimum Gasteiger partial charge on any atom is -0.870 e. The van der Waals surface area contributed by atoms with Crippen LogP contribution in [0.4, 0.5) is 14.5 Å². The summed E-state index contributed by atoms with van der Waals surface area (Å²) in [6, 6.07) is 14.1. The molecular formula is C28H35F2KN5O3-. The Kier molecular flexibility index (Phi) is 17.0. The van der Waals surface area contributed by atoms with E-state index in [4.69, 9.17) is 11.0 Å². The second-order valence-electron chi connectivity index (χ2n) is 9.12. The monoisotopic (exact) mass is 566 g/mol. The number of nitrogen functional groups attached to an aromatic ring is 1. The van der Waals surface area contributed by atoms with Crippen LogP contribution in [-0.2, 0) is 4.79 Å². The van der Waals surface area contributed by atoms with Gasteiger partial charge in [0.2, 0.25) is 5.91 Å². The number of nitrogens with one attached hydrogen (secondary N) is 1. The maximum atomic E-state index is 13.7. The molecular weight excluding hydrogens is 531 g/mol. The van der Waals surface area contributed by atoms with E-state index in [0.717, 1.165) is 23.7 Å². The van der Waals surface area contributed by atoms with Crippen LogP contribution in [0.15, 0.2) is 48.5 Å². The number of carbonyl (C=O) groups is 2. The number of H-pyrrole nitrogens is 1. The van der Waals surface area contributed by atoms with Crippen LogP contribution in [0.3, 0.4) is 0 Å². The van der Waals surface area contributed by atoms with E-state index in [-0.39, 0.29) is 85.9 Å². The fourth-order valence-corrected chi connectivity index (χ4v) is 3.32. The molecule has 1 aliphatic heterocycles. The van der Waals surface area contributed by atoms with Gasteiger partial charge in [-0.1, -0.05) is 45.4 Å². The van der Waals surface area contributed by atoms with E-state index >= 15 is 0 Å². The second-order valence-corrected chi connectivity index (χ2v) is 9.12. The molecule has 1 aliphatic rings. The number of aromatic amines is 1. The number of amides is 2. The van der Waals surface area contributed by atoms with Crippen molar-refractivity contribution in [3.8, 4) is 6.07 Å². The van der Waals surface area contributed by atoms with E-state index in [1.54, 1.807) is 0 Å². The molecule has 1 atom stereocenters. The first kappa shape index (κ1) is 36.7. The molecule has 0 aliphatic carbocycles. The number of fused-ring (bicyclic) bond motifs is 1. The molecule has 206 valence electrons. The Morgan fingerprint density at radius 1 is 1.23 bits per heavy atom. The zero-order chi connectivity index (χ0) is 27.5. The topological polar surface area (TPSA) is 136 Å². The van der Waals surface area contributed by atoms with Crippen molar-refractivity contribution in [2.45, 2.75) is 39.7 Å². The van der Waals surface area contributed by atoms with Crippen molar-refractivity contribution >= 4 is 28.4 Å². The van der Waals surface area contributed by atoms with E-state index in [1.807, 2.05) is 42.8 Å². The third kappa shape index (κ3) is 11.4. The predicted octanol–water partition coefficient (Wildman–Crippen LogP) is 2.00. The summed E-state index contributed by atoms with van der Waals surface area (Å²) in [6.07, 6.45) is 3.65. The number of hydrogen-bond acceptors (Lipinski definition) is 5. The molecule has 1 unspecified atom stereocenters. The second kappa shape index (κ2) is 18.1. The van der Waals surface area contributed by atoms with Gasteiger partial charge in [0, 0.05) is 24.2 Å². The van der Waals surface area contributed by atoms with Crippen LogP contribution in [0.2, 0.25) is 0 Å². The molecule has 1 saturated heterocycles. The van der Waals surface area contributed by atoms with Gasteiger partial charge in [0.05, 0.1) is 24.2 Å². The van der Waals surface area contributed by atoms with Crippen LogP contribution in [0, 0.1) is 35.3 Å². The number of likely N-dealkylation sites (N-methyl/N-ethyl adjacent to an activating group) is 1. The van der Waals surface area contributed by atoms with Gasteiger partial charge in [-0.05, 0) is 30.2 Å². The standard InChI is InChI=1S/C17H15F2N4O2.C6H7N.C5H12.K.H2O/c1-22(9-16(24)23-4-2-3-11(23)8-20)17(25)15-7-12-13(19)5-10(18)6-14(12)21-15;7-6-4-2-1-3-5-6;1-4-5(2)3;;/h2,5-7,11,21H,3-4,9H2,1H3;1-5H,7H2;5H,4H2,1-3H3;;1H2/q-1;;;+1;/p-1. The van der Waals surface area contributed by atoms with Crippen LogP contribution < -0.4 is 57.1 Å². The van der Waals surface area contributed by atoms with Gasteiger partial charge < -0.3 is 32.4 Å². The number of para-hydroxylation sites is 1. The molecule has 3 aromatic rings. The minimum atomic E-state index is -0.770. The average Bonchev–Trinajstić information content (AvgIpc) is 3.52. The maximum Gasteiger partial charge on any atom is 1.00 e. The van der Waals surface area contributed by atoms with Gasteiger partial charge in [-0.25, -0.2) is 8.78 Å². The zero-order valence-electron chi connectivity index (χ0n) is 23.1. The Bertz CT molecular complexity index is 1230. The largest absolute Gasteiger partial charge is 1.00 e. The molecule has 4 N–H and O–H groups in total. The van der Waals surface area contributed by atoms with Crippen molar-refractivity contribution in [3.05, 3.63) is 72.3 Å². The Morgan fingerprint density at radius 2 is 1.85 bits per heavy atom. The Morgan fingerprint density at radius 3 is 2.36 bits per heavy atom. The van der Waals surface area contributed by atoms with Crippen molar-refractivity contribution in [3.63, 3.8) is 0 Å². The maximum absolute atomic E-state index is 13.7. The molecule has 0 saturated carbocycles. The number of halogens is 2. The smallest absolute Gasteiger partial charge is 0.870 e. The summed E-state index contributed by atoms with van der Waals surface area (Å²) in [5, 5.41) is 9.12. The number of carbonyl (C=O) groups excluding carboxylic acids is 2. The molecule has 0 radical (unpaired) electrons. The van der Waals surface area contributed by atoms with Crippen molar-refractivity contribution in [2.75, 3.05) is 25.9 Å².